The highest BCUT2D eigenvalue weighted by Crippen LogP contribution is 2.12. The Morgan fingerprint density at radius 1 is 1.62 bits per heavy atom. The molecule has 1 rings (SSSR count). The molecule has 0 aliphatic rings. The number of thioether (sulfide) groups is 1. The monoisotopic (exact) mass is 214 g/mol. The molecule has 0 radical (unpaired) electrons. The zero-order valence-corrected chi connectivity index (χ0v) is 9.58. The minimum atomic E-state index is 0.256. The van der Waals surface area contributed by atoms with Gasteiger partial charge in [-0.2, -0.15) is 23.1 Å². The van der Waals surface area contributed by atoms with Crippen LogP contribution in [0.3, 0.4) is 0 Å². The average molecular weight is 214 g/mol. The molecule has 0 aromatic carbocycles. The molecule has 0 amide bonds. The van der Waals surface area contributed by atoms with Gasteiger partial charge in [0.15, 0.2) is 5.78 Å². The van der Waals surface area contributed by atoms with Crippen molar-refractivity contribution < 1.29 is 4.79 Å². The Hall–Kier alpha value is -0.280. The normalized spacial score (nSPS) is 10.7. The van der Waals surface area contributed by atoms with Gasteiger partial charge in [-0.1, -0.05) is 13.8 Å². The van der Waals surface area contributed by atoms with Gasteiger partial charge in [0, 0.05) is 10.9 Å². The molecule has 0 atom stereocenters. The lowest BCUT2D eigenvalue weighted by molar-refractivity contribution is 0.102. The maximum absolute atomic E-state index is 11.5. The number of carbonyl (C=O) groups is 1. The predicted octanol–water partition coefficient (Wildman–Crippen LogP) is 3.32. The Morgan fingerprint density at radius 3 is 2.92 bits per heavy atom. The van der Waals surface area contributed by atoms with Crippen LogP contribution in [0, 0.1) is 5.92 Å². The average Bonchev–Trinajstić information content (AvgIpc) is 2.55. The molecular weight excluding hydrogens is 200 g/mol. The van der Waals surface area contributed by atoms with Crippen molar-refractivity contribution in [3.8, 4) is 0 Å². The maximum Gasteiger partial charge on any atom is 0.173 e. The Bertz CT molecular complexity index is 252. The van der Waals surface area contributed by atoms with E-state index in [2.05, 4.69) is 13.8 Å². The van der Waals surface area contributed by atoms with Crippen molar-refractivity contribution in [1.29, 1.82) is 0 Å². The van der Waals surface area contributed by atoms with Gasteiger partial charge < -0.3 is 0 Å². The number of Topliss-reactive ketones (excluding diaryl/α,β-unsaturated/α-hetero) is 1. The van der Waals surface area contributed by atoms with Crippen molar-refractivity contribution in [2.24, 2.45) is 5.92 Å². The fraction of sp³-hybridized carbons (Fsp3) is 0.500. The molecule has 13 heavy (non-hydrogen) atoms. The van der Waals surface area contributed by atoms with Gasteiger partial charge in [0.1, 0.15) is 0 Å². The van der Waals surface area contributed by atoms with Crippen LogP contribution >= 0.6 is 23.1 Å². The molecule has 0 saturated heterocycles. The van der Waals surface area contributed by atoms with Crippen molar-refractivity contribution in [1.82, 2.24) is 0 Å². The molecule has 0 spiro atoms. The third-order valence-corrected chi connectivity index (χ3v) is 3.58. The van der Waals surface area contributed by atoms with Crippen molar-refractivity contribution in [3.05, 3.63) is 22.4 Å². The van der Waals surface area contributed by atoms with Gasteiger partial charge in [-0.05, 0) is 23.1 Å². The first-order chi connectivity index (χ1) is 6.20. The summed E-state index contributed by atoms with van der Waals surface area (Å²) in [7, 11) is 0. The van der Waals surface area contributed by atoms with E-state index in [9.17, 15) is 4.79 Å². The van der Waals surface area contributed by atoms with Crippen LogP contribution in [0.4, 0.5) is 0 Å². The van der Waals surface area contributed by atoms with Gasteiger partial charge in [-0.3, -0.25) is 4.79 Å². The predicted molar refractivity (Wildman–Crippen MR) is 60.8 cm³/mol. The fourth-order valence-electron chi connectivity index (χ4n) is 0.894. The molecule has 0 fully saturated rings. The Morgan fingerprint density at radius 2 is 2.38 bits per heavy atom. The largest absolute Gasteiger partial charge is 0.293 e. The van der Waals surface area contributed by atoms with E-state index in [0.717, 1.165) is 11.3 Å². The van der Waals surface area contributed by atoms with Gasteiger partial charge in [0.05, 0.1) is 5.75 Å². The number of ketones is 1. The quantitative estimate of drug-likeness (QED) is 0.699. The molecule has 1 aromatic rings. The molecule has 1 aromatic heterocycles. The summed E-state index contributed by atoms with van der Waals surface area (Å²) in [4.78, 5) is 11.5. The Kier molecular flexibility index (Phi) is 4.53. The van der Waals surface area contributed by atoms with Gasteiger partial charge in [-0.15, -0.1) is 0 Å². The molecule has 1 heterocycles. The van der Waals surface area contributed by atoms with E-state index >= 15 is 0 Å². The summed E-state index contributed by atoms with van der Waals surface area (Å²) in [6.07, 6.45) is 0. The van der Waals surface area contributed by atoms with E-state index in [1.165, 1.54) is 0 Å². The van der Waals surface area contributed by atoms with E-state index in [1.54, 1.807) is 23.1 Å². The lowest BCUT2D eigenvalue weighted by Crippen LogP contribution is -2.02. The third kappa shape index (κ3) is 3.96. The van der Waals surface area contributed by atoms with Gasteiger partial charge >= 0.3 is 0 Å². The molecule has 72 valence electrons. The van der Waals surface area contributed by atoms with Gasteiger partial charge in [0.25, 0.3) is 0 Å². The summed E-state index contributed by atoms with van der Waals surface area (Å²) in [5, 5.41) is 3.86. The first-order valence-corrected chi connectivity index (χ1v) is 6.43. The second kappa shape index (κ2) is 5.45. The number of carbonyl (C=O) groups excluding carboxylic acids is 1. The van der Waals surface area contributed by atoms with E-state index < -0.39 is 0 Å². The van der Waals surface area contributed by atoms with Crippen LogP contribution in [-0.4, -0.2) is 17.3 Å². The number of hydrogen-bond acceptors (Lipinski definition) is 3. The Balaban J connectivity index is 2.27. The Labute approximate surface area is 87.5 Å². The van der Waals surface area contributed by atoms with Crippen LogP contribution in [0.25, 0.3) is 0 Å². The van der Waals surface area contributed by atoms with Crippen molar-refractivity contribution >= 4 is 28.9 Å². The molecular formula is C10H14OS2. The van der Waals surface area contributed by atoms with Crippen molar-refractivity contribution in [2.75, 3.05) is 11.5 Å². The lowest BCUT2D eigenvalue weighted by Gasteiger charge is -2.02. The molecule has 0 saturated carbocycles. The summed E-state index contributed by atoms with van der Waals surface area (Å²) < 4.78 is 0. The number of hydrogen-bond donors (Lipinski definition) is 0. The second-order valence-electron chi connectivity index (χ2n) is 3.34. The zero-order valence-electron chi connectivity index (χ0n) is 7.95. The van der Waals surface area contributed by atoms with Crippen molar-refractivity contribution in [3.63, 3.8) is 0 Å². The topological polar surface area (TPSA) is 17.1 Å². The standard InChI is InChI=1S/C10H14OS2/c1-8(2)5-13-7-10(11)9-3-4-12-6-9/h3-4,6,8H,5,7H2,1-2H3. The smallest absolute Gasteiger partial charge is 0.173 e. The zero-order chi connectivity index (χ0) is 9.68. The summed E-state index contributed by atoms with van der Waals surface area (Å²) in [5.74, 6) is 2.61. The molecule has 3 heteroatoms. The summed E-state index contributed by atoms with van der Waals surface area (Å²) in [6.45, 7) is 4.34. The highest BCUT2D eigenvalue weighted by molar-refractivity contribution is 7.99. The van der Waals surface area contributed by atoms with E-state index in [1.807, 2.05) is 16.8 Å². The van der Waals surface area contributed by atoms with E-state index in [0.29, 0.717) is 11.7 Å². The first kappa shape index (κ1) is 10.8. The second-order valence-corrected chi connectivity index (χ2v) is 5.15. The number of thiophene rings is 1. The first-order valence-electron chi connectivity index (χ1n) is 4.33. The summed E-state index contributed by atoms with van der Waals surface area (Å²) in [6, 6.07) is 1.89. The molecule has 0 unspecified atom stereocenters. The van der Waals surface area contributed by atoms with Gasteiger partial charge in [-0.25, -0.2) is 0 Å². The molecule has 1 nitrogen and oxygen atoms in total. The molecule has 0 aliphatic carbocycles. The van der Waals surface area contributed by atoms with Crippen LogP contribution in [-0.2, 0) is 0 Å². The highest BCUT2D eigenvalue weighted by Gasteiger charge is 2.05. The fourth-order valence-corrected chi connectivity index (χ4v) is 2.50. The van der Waals surface area contributed by atoms with Crippen molar-refractivity contribution in [2.45, 2.75) is 13.8 Å². The van der Waals surface area contributed by atoms with E-state index in [4.69, 9.17) is 0 Å². The van der Waals surface area contributed by atoms with Crippen LogP contribution in [0.15, 0.2) is 16.8 Å². The van der Waals surface area contributed by atoms with Crippen LogP contribution in [0.1, 0.15) is 24.2 Å². The van der Waals surface area contributed by atoms with E-state index in [-0.39, 0.29) is 5.78 Å². The minimum absolute atomic E-state index is 0.256. The third-order valence-electron chi connectivity index (χ3n) is 1.53. The molecule has 0 N–H and O–H groups in total. The number of rotatable bonds is 5. The van der Waals surface area contributed by atoms with Crippen LogP contribution in [0.5, 0.6) is 0 Å². The maximum atomic E-state index is 11.5. The SMILES string of the molecule is CC(C)CSCC(=O)c1ccsc1. The summed E-state index contributed by atoms with van der Waals surface area (Å²) >= 11 is 3.30. The van der Waals surface area contributed by atoms with Crippen LogP contribution in [0.2, 0.25) is 0 Å². The molecule has 0 bridgehead atoms. The molecule has 0 aliphatic heterocycles. The highest BCUT2D eigenvalue weighted by atomic mass is 32.2. The minimum Gasteiger partial charge on any atom is -0.293 e. The summed E-state index contributed by atoms with van der Waals surface area (Å²) in [5.41, 5.74) is 0.862. The van der Waals surface area contributed by atoms with Crippen LogP contribution < -0.4 is 0 Å². The van der Waals surface area contributed by atoms with Gasteiger partial charge in [0.2, 0.25) is 0 Å². The lowest BCUT2D eigenvalue weighted by atomic mass is 10.2.